The zero-order valence-corrected chi connectivity index (χ0v) is 10.9. The van der Waals surface area contributed by atoms with E-state index < -0.39 is 0 Å². The molecule has 0 saturated carbocycles. The molecule has 1 aromatic rings. The second-order valence-electron chi connectivity index (χ2n) is 4.29. The Kier molecular flexibility index (Phi) is 4.87. The van der Waals surface area contributed by atoms with Crippen LogP contribution >= 0.6 is 12.6 Å². The third kappa shape index (κ3) is 3.89. The Morgan fingerprint density at radius 2 is 1.81 bits per heavy atom. The summed E-state index contributed by atoms with van der Waals surface area (Å²) in [6.07, 6.45) is 0. The molecule has 0 aliphatic rings. The molecule has 1 N–H and O–H groups in total. The van der Waals surface area contributed by atoms with E-state index in [1.165, 1.54) is 5.56 Å². The van der Waals surface area contributed by atoms with E-state index in [4.69, 9.17) is 0 Å². The zero-order valence-electron chi connectivity index (χ0n) is 10.0. The molecule has 88 valence electrons. The molecule has 1 unspecified atom stereocenters. The van der Waals surface area contributed by atoms with Crippen molar-refractivity contribution in [3.05, 3.63) is 35.4 Å². The van der Waals surface area contributed by atoms with Crippen LogP contribution in [0.25, 0.3) is 0 Å². The topological polar surface area (TPSA) is 29.1 Å². The molecule has 0 radical (unpaired) electrons. The number of thiol groups is 1. The van der Waals surface area contributed by atoms with Crippen molar-refractivity contribution in [1.82, 2.24) is 5.32 Å². The lowest BCUT2D eigenvalue weighted by atomic mass is 10.0. The van der Waals surface area contributed by atoms with E-state index in [0.717, 1.165) is 5.56 Å². The summed E-state index contributed by atoms with van der Waals surface area (Å²) in [6, 6.07) is 8.32. The van der Waals surface area contributed by atoms with Crippen LogP contribution in [-0.2, 0) is 11.3 Å². The van der Waals surface area contributed by atoms with Crippen LogP contribution in [0.4, 0.5) is 0 Å². The number of hydrogen-bond acceptors (Lipinski definition) is 2. The fraction of sp³-hybridized carbons (Fsp3) is 0.462. The van der Waals surface area contributed by atoms with Crippen molar-refractivity contribution in [3.8, 4) is 0 Å². The Morgan fingerprint density at radius 1 is 1.25 bits per heavy atom. The molecule has 0 saturated heterocycles. The summed E-state index contributed by atoms with van der Waals surface area (Å²) in [4.78, 5) is 11.3. The van der Waals surface area contributed by atoms with Crippen molar-refractivity contribution in [2.45, 2.75) is 38.5 Å². The minimum Gasteiger partial charge on any atom is -0.351 e. The minimum absolute atomic E-state index is 0.0312. The summed E-state index contributed by atoms with van der Waals surface area (Å²) in [5.41, 5.74) is 2.43. The van der Waals surface area contributed by atoms with Crippen molar-refractivity contribution in [3.63, 3.8) is 0 Å². The molecule has 0 fully saturated rings. The summed E-state index contributed by atoms with van der Waals surface area (Å²) in [7, 11) is 0. The molecule has 16 heavy (non-hydrogen) atoms. The van der Waals surface area contributed by atoms with E-state index in [2.05, 4.69) is 56.1 Å². The molecular formula is C13H19NOS. The Bertz CT molecular complexity index is 343. The van der Waals surface area contributed by atoms with Gasteiger partial charge in [0.1, 0.15) is 0 Å². The number of carbonyl (C=O) groups excluding carboxylic acids is 1. The molecule has 1 rings (SSSR count). The highest BCUT2D eigenvalue weighted by atomic mass is 32.1. The van der Waals surface area contributed by atoms with E-state index >= 15 is 0 Å². The molecule has 1 atom stereocenters. The summed E-state index contributed by atoms with van der Waals surface area (Å²) in [6.45, 7) is 6.67. The Labute approximate surface area is 103 Å². The molecule has 0 aliphatic heterocycles. The molecule has 0 spiro atoms. The summed E-state index contributed by atoms with van der Waals surface area (Å²) in [5.74, 6) is 0.511. The average molecular weight is 237 g/mol. The SMILES string of the molecule is CC(S)C(=O)NCc1ccc(C(C)C)cc1. The number of carbonyl (C=O) groups is 1. The first kappa shape index (κ1) is 13.1. The number of rotatable bonds is 4. The molecule has 1 aromatic carbocycles. The fourth-order valence-corrected chi connectivity index (χ4v) is 1.45. The van der Waals surface area contributed by atoms with E-state index in [-0.39, 0.29) is 11.2 Å². The van der Waals surface area contributed by atoms with Gasteiger partial charge in [-0.15, -0.1) is 0 Å². The van der Waals surface area contributed by atoms with Gasteiger partial charge in [0.15, 0.2) is 0 Å². The summed E-state index contributed by atoms with van der Waals surface area (Å²) in [5, 5.41) is 2.58. The molecule has 1 amide bonds. The first-order chi connectivity index (χ1) is 7.50. The van der Waals surface area contributed by atoms with Crippen LogP contribution in [0.5, 0.6) is 0 Å². The fourth-order valence-electron chi connectivity index (χ4n) is 1.36. The van der Waals surface area contributed by atoms with Gasteiger partial charge in [-0.3, -0.25) is 4.79 Å². The summed E-state index contributed by atoms with van der Waals surface area (Å²) >= 11 is 4.07. The van der Waals surface area contributed by atoms with Crippen molar-refractivity contribution >= 4 is 18.5 Å². The van der Waals surface area contributed by atoms with Crippen LogP contribution in [0, 0.1) is 0 Å². The predicted octanol–water partition coefficient (Wildman–Crippen LogP) is 2.74. The maximum Gasteiger partial charge on any atom is 0.232 e. The Balaban J connectivity index is 2.53. The van der Waals surface area contributed by atoms with Gasteiger partial charge in [0.05, 0.1) is 5.25 Å². The van der Waals surface area contributed by atoms with Crippen LogP contribution in [0.1, 0.15) is 37.8 Å². The number of nitrogens with one attached hydrogen (secondary N) is 1. The highest BCUT2D eigenvalue weighted by Crippen LogP contribution is 2.14. The van der Waals surface area contributed by atoms with E-state index in [1.54, 1.807) is 6.92 Å². The van der Waals surface area contributed by atoms with Crippen LogP contribution in [-0.4, -0.2) is 11.2 Å². The van der Waals surface area contributed by atoms with Crippen LogP contribution in [0.2, 0.25) is 0 Å². The zero-order chi connectivity index (χ0) is 12.1. The Hall–Kier alpha value is -0.960. The predicted molar refractivity (Wildman–Crippen MR) is 70.8 cm³/mol. The lowest BCUT2D eigenvalue weighted by Crippen LogP contribution is -2.29. The maximum absolute atomic E-state index is 11.3. The van der Waals surface area contributed by atoms with Gasteiger partial charge in [-0.2, -0.15) is 12.6 Å². The van der Waals surface area contributed by atoms with Gasteiger partial charge in [0.25, 0.3) is 0 Å². The average Bonchev–Trinajstić information content (AvgIpc) is 2.26. The normalized spacial score (nSPS) is 12.6. The van der Waals surface area contributed by atoms with Crippen LogP contribution in [0.3, 0.4) is 0 Å². The lowest BCUT2D eigenvalue weighted by Gasteiger charge is -2.09. The van der Waals surface area contributed by atoms with Gasteiger partial charge >= 0.3 is 0 Å². The monoisotopic (exact) mass is 237 g/mol. The summed E-state index contributed by atoms with van der Waals surface area (Å²) < 4.78 is 0. The molecule has 0 aromatic heterocycles. The van der Waals surface area contributed by atoms with Gasteiger partial charge < -0.3 is 5.32 Å². The molecule has 3 heteroatoms. The smallest absolute Gasteiger partial charge is 0.232 e. The maximum atomic E-state index is 11.3. The van der Waals surface area contributed by atoms with E-state index in [1.807, 2.05) is 0 Å². The highest BCUT2D eigenvalue weighted by molar-refractivity contribution is 7.81. The minimum atomic E-state index is -0.255. The Morgan fingerprint density at radius 3 is 2.25 bits per heavy atom. The standard InChI is InChI=1S/C13H19NOS/c1-9(2)12-6-4-11(5-7-12)8-14-13(15)10(3)16/h4-7,9-10,16H,8H2,1-3H3,(H,14,15). The second-order valence-corrected chi connectivity index (χ2v) is 5.06. The van der Waals surface area contributed by atoms with Gasteiger partial charge in [0, 0.05) is 6.54 Å². The molecular weight excluding hydrogens is 218 g/mol. The first-order valence-electron chi connectivity index (χ1n) is 5.55. The molecule has 2 nitrogen and oxygen atoms in total. The van der Waals surface area contributed by atoms with Crippen molar-refractivity contribution in [2.24, 2.45) is 0 Å². The first-order valence-corrected chi connectivity index (χ1v) is 6.07. The molecule has 0 heterocycles. The van der Waals surface area contributed by atoms with Crippen LogP contribution < -0.4 is 5.32 Å². The van der Waals surface area contributed by atoms with Gasteiger partial charge in [0.2, 0.25) is 5.91 Å². The van der Waals surface area contributed by atoms with Gasteiger partial charge in [-0.25, -0.2) is 0 Å². The van der Waals surface area contributed by atoms with Gasteiger partial charge in [-0.1, -0.05) is 38.1 Å². The van der Waals surface area contributed by atoms with E-state index in [0.29, 0.717) is 12.5 Å². The van der Waals surface area contributed by atoms with Crippen molar-refractivity contribution < 1.29 is 4.79 Å². The quantitative estimate of drug-likeness (QED) is 0.775. The highest BCUT2D eigenvalue weighted by Gasteiger charge is 2.06. The second kappa shape index (κ2) is 5.94. The van der Waals surface area contributed by atoms with E-state index in [9.17, 15) is 4.79 Å². The number of hydrogen-bond donors (Lipinski definition) is 2. The largest absolute Gasteiger partial charge is 0.351 e. The number of benzene rings is 1. The van der Waals surface area contributed by atoms with Crippen molar-refractivity contribution in [2.75, 3.05) is 0 Å². The third-order valence-corrected chi connectivity index (χ3v) is 2.73. The van der Waals surface area contributed by atoms with Crippen LogP contribution in [0.15, 0.2) is 24.3 Å². The molecule has 0 bridgehead atoms. The third-order valence-electron chi connectivity index (χ3n) is 2.49. The van der Waals surface area contributed by atoms with Crippen molar-refractivity contribution in [1.29, 1.82) is 0 Å². The number of amides is 1. The lowest BCUT2D eigenvalue weighted by molar-refractivity contribution is -0.120. The molecule has 0 aliphatic carbocycles. The van der Waals surface area contributed by atoms with Gasteiger partial charge in [-0.05, 0) is 24.0 Å².